The summed E-state index contributed by atoms with van der Waals surface area (Å²) in [5.41, 5.74) is 10.1. The molecule has 16 heteroatoms. The molecule has 1 unspecified atom stereocenters. The highest BCUT2D eigenvalue weighted by Gasteiger charge is 2.58. The van der Waals surface area contributed by atoms with Gasteiger partial charge in [0.2, 0.25) is 5.91 Å². The Morgan fingerprint density at radius 2 is 1.55 bits per heavy atom. The van der Waals surface area contributed by atoms with Crippen LogP contribution in [0.25, 0.3) is 0 Å². The molecule has 0 radical (unpaired) electrons. The average molecular weight is 599 g/mol. The van der Waals surface area contributed by atoms with Crippen LogP contribution in [0.5, 0.6) is 0 Å². The van der Waals surface area contributed by atoms with Crippen molar-refractivity contribution < 1.29 is 39.6 Å². The van der Waals surface area contributed by atoms with E-state index in [4.69, 9.17) is 11.5 Å². The first kappa shape index (κ1) is 31.4. The zero-order chi connectivity index (χ0) is 29.7. The van der Waals surface area contributed by atoms with Crippen molar-refractivity contribution in [1.82, 2.24) is 9.80 Å². The number of carboxylic acid groups (broad SMARTS) is 2. The van der Waals surface area contributed by atoms with E-state index in [1.54, 1.807) is 0 Å². The number of thioether (sulfide) groups is 2. The molecule has 3 aliphatic heterocycles. The van der Waals surface area contributed by atoms with Gasteiger partial charge in [0.1, 0.15) is 17.3 Å². The number of aliphatic hydroxyl groups is 2. The monoisotopic (exact) mass is 598 g/mol. The van der Waals surface area contributed by atoms with Crippen LogP contribution in [0.2, 0.25) is 0 Å². The van der Waals surface area contributed by atoms with E-state index in [-0.39, 0.29) is 30.0 Å². The summed E-state index contributed by atoms with van der Waals surface area (Å²) < 4.78 is 0. The molecule has 0 saturated carbocycles. The Kier molecular flexibility index (Phi) is 10.6. The van der Waals surface area contributed by atoms with E-state index in [1.165, 1.54) is 30.5 Å². The first-order valence-electron chi connectivity index (χ1n) is 12.6. The van der Waals surface area contributed by atoms with Crippen LogP contribution < -0.4 is 11.5 Å². The van der Waals surface area contributed by atoms with Gasteiger partial charge in [-0.3, -0.25) is 29.3 Å². The Morgan fingerprint density at radius 1 is 1.00 bits per heavy atom. The summed E-state index contributed by atoms with van der Waals surface area (Å²) in [4.78, 5) is 62.9. The molecule has 0 aromatic rings. The third-order valence-corrected chi connectivity index (χ3v) is 9.16. The molecular formula is C24H34N6O8S2. The number of hydrogen-bond donors (Lipinski definition) is 6. The number of aliphatic imine (C=N–C) groups is 2. The number of fused-ring (bicyclic) bond motifs is 1. The molecule has 6 atom stereocenters. The van der Waals surface area contributed by atoms with Gasteiger partial charge >= 0.3 is 11.9 Å². The first-order valence-corrected chi connectivity index (χ1v) is 14.6. The number of amides is 2. The second-order valence-corrected chi connectivity index (χ2v) is 11.8. The van der Waals surface area contributed by atoms with Gasteiger partial charge in [-0.25, -0.2) is 4.79 Å². The van der Waals surface area contributed by atoms with Crippen LogP contribution in [0.3, 0.4) is 0 Å². The maximum atomic E-state index is 14.3. The fourth-order valence-corrected chi connectivity index (χ4v) is 7.43. The molecule has 1 saturated heterocycles. The number of hydrogen-bond acceptors (Lipinski definition) is 10. The van der Waals surface area contributed by atoms with Gasteiger partial charge in [0, 0.05) is 34.2 Å². The average Bonchev–Trinajstić information content (AvgIpc) is 3.39. The maximum Gasteiger partial charge on any atom is 0.353 e. The summed E-state index contributed by atoms with van der Waals surface area (Å²) in [6.07, 6.45) is 0.0189. The highest BCUT2D eigenvalue weighted by Crippen LogP contribution is 2.49. The Labute approximate surface area is 239 Å². The molecule has 220 valence electrons. The smallest absolute Gasteiger partial charge is 0.353 e. The van der Waals surface area contributed by atoms with Gasteiger partial charge < -0.3 is 36.8 Å². The van der Waals surface area contributed by atoms with Crippen molar-refractivity contribution >= 4 is 60.0 Å². The summed E-state index contributed by atoms with van der Waals surface area (Å²) in [6.45, 7) is 3.34. The van der Waals surface area contributed by atoms with Gasteiger partial charge in [-0.15, -0.1) is 23.5 Å². The van der Waals surface area contributed by atoms with Crippen molar-refractivity contribution in [2.75, 3.05) is 24.6 Å². The molecule has 1 fully saturated rings. The minimum atomic E-state index is -1.51. The zero-order valence-corrected chi connectivity index (χ0v) is 23.7. The summed E-state index contributed by atoms with van der Waals surface area (Å²) in [5.74, 6) is -5.70. The quantitative estimate of drug-likeness (QED) is 0.0626. The van der Waals surface area contributed by atoms with Gasteiger partial charge in [-0.2, -0.15) is 0 Å². The second-order valence-electron chi connectivity index (χ2n) is 9.45. The van der Waals surface area contributed by atoms with E-state index in [0.717, 1.165) is 29.3 Å². The molecule has 0 bridgehead atoms. The van der Waals surface area contributed by atoms with Crippen LogP contribution in [0.15, 0.2) is 31.2 Å². The molecule has 0 spiro atoms. The Morgan fingerprint density at radius 3 is 2.00 bits per heavy atom. The lowest BCUT2D eigenvalue weighted by molar-refractivity contribution is -0.161. The van der Waals surface area contributed by atoms with Crippen molar-refractivity contribution in [3.8, 4) is 0 Å². The van der Waals surface area contributed by atoms with Gasteiger partial charge in [-0.1, -0.05) is 0 Å². The highest BCUT2D eigenvalue weighted by molar-refractivity contribution is 8.03. The van der Waals surface area contributed by atoms with Crippen LogP contribution in [-0.4, -0.2) is 116 Å². The molecule has 40 heavy (non-hydrogen) atoms. The number of aliphatic carboxylic acids is 2. The number of nitrogens with zero attached hydrogens (tertiary/aromatic N) is 4. The van der Waals surface area contributed by atoms with Crippen molar-refractivity contribution in [1.29, 1.82) is 0 Å². The molecule has 3 rings (SSSR count). The van der Waals surface area contributed by atoms with Gasteiger partial charge in [0.05, 0.1) is 56.0 Å². The molecule has 8 N–H and O–H groups in total. The predicted molar refractivity (Wildman–Crippen MR) is 150 cm³/mol. The Balaban J connectivity index is 2.09. The van der Waals surface area contributed by atoms with Crippen molar-refractivity contribution in [3.63, 3.8) is 0 Å². The van der Waals surface area contributed by atoms with E-state index in [9.17, 15) is 39.6 Å². The second kappa shape index (κ2) is 13.5. The fourth-order valence-electron chi connectivity index (χ4n) is 5.33. The number of carbonyl (C=O) groups excluding carboxylic acids is 2. The molecule has 0 aromatic heterocycles. The zero-order valence-electron chi connectivity index (χ0n) is 22.0. The number of aliphatic hydroxyl groups excluding tert-OH is 2. The normalized spacial score (nSPS) is 25.1. The lowest BCUT2D eigenvalue weighted by atomic mass is 9.83. The van der Waals surface area contributed by atoms with Crippen LogP contribution in [0.1, 0.15) is 26.7 Å². The van der Waals surface area contributed by atoms with Crippen LogP contribution in [0.4, 0.5) is 0 Å². The summed E-state index contributed by atoms with van der Waals surface area (Å²) in [7, 11) is 0. The molecule has 2 amide bonds. The van der Waals surface area contributed by atoms with E-state index >= 15 is 0 Å². The number of nitrogens with two attached hydrogens (primary N) is 2. The van der Waals surface area contributed by atoms with E-state index < -0.39 is 65.6 Å². The maximum absolute atomic E-state index is 14.3. The Bertz CT molecular complexity index is 1150. The van der Waals surface area contributed by atoms with E-state index in [0.29, 0.717) is 23.0 Å². The van der Waals surface area contributed by atoms with Gasteiger partial charge in [-0.05, 0) is 13.8 Å². The summed E-state index contributed by atoms with van der Waals surface area (Å²) in [5, 5.41) is 40.7. The van der Waals surface area contributed by atoms with E-state index in [2.05, 4.69) is 9.98 Å². The summed E-state index contributed by atoms with van der Waals surface area (Å²) >= 11 is 2.37. The third-order valence-electron chi connectivity index (χ3n) is 6.97. The molecule has 0 aromatic carbocycles. The first-order chi connectivity index (χ1) is 19.0. The van der Waals surface area contributed by atoms with Gasteiger partial charge in [0.25, 0.3) is 5.91 Å². The van der Waals surface area contributed by atoms with Crippen molar-refractivity contribution in [2.45, 2.75) is 51.0 Å². The topological polar surface area (TPSA) is 232 Å². The molecule has 3 heterocycles. The van der Waals surface area contributed by atoms with Crippen LogP contribution in [0, 0.1) is 11.8 Å². The SMILES string of the molecule is C[C@@H](O)[C@H]1C(=O)N2C(C(=O)N3C(C(=O)O)=C(SCCN=CN)CC3[C@@H](C(=O)O)[C@@H](C)O)=C(SCCN=CN)C[C@H]12. The number of rotatable bonds is 14. The number of β-lactam (4-membered cyclic amide) rings is 1. The lowest BCUT2D eigenvalue weighted by Gasteiger charge is -2.45. The highest BCUT2D eigenvalue weighted by atomic mass is 32.2. The number of carbonyl (C=O) groups is 4. The largest absolute Gasteiger partial charge is 0.481 e. The summed E-state index contributed by atoms with van der Waals surface area (Å²) in [6, 6.07) is -1.74. The standard InChI is InChI=1S/C24H34N6O8S2/c1-11(31)17-13-7-15(39-5-3-27-9-25)19(29(13)21(17)33)22(34)30-14(18(12(2)32)23(35)36)8-16(20(30)24(37)38)40-6-4-28-10-26/h9-14,17-18,31-32H,3-8H2,1-2H3,(H2,25,27)(H2,26,28)(H,35,36)(H,37,38)/t11-,12-,13-,14?,17-,18+/m1/s1. The Hall–Kier alpha value is -3.08. The minimum Gasteiger partial charge on any atom is -0.481 e. The predicted octanol–water partition coefficient (Wildman–Crippen LogP) is -0.771. The van der Waals surface area contributed by atoms with Gasteiger partial charge in [0.15, 0.2) is 0 Å². The van der Waals surface area contributed by atoms with Crippen molar-refractivity contribution in [2.24, 2.45) is 33.3 Å². The lowest BCUT2D eigenvalue weighted by Crippen LogP contribution is -2.62. The molecule has 14 nitrogen and oxygen atoms in total. The number of carboxylic acids is 2. The molecular weight excluding hydrogens is 564 g/mol. The molecule has 3 aliphatic rings. The van der Waals surface area contributed by atoms with Crippen LogP contribution >= 0.6 is 23.5 Å². The van der Waals surface area contributed by atoms with Crippen molar-refractivity contribution in [3.05, 3.63) is 21.2 Å². The van der Waals surface area contributed by atoms with Crippen LogP contribution in [-0.2, 0) is 19.2 Å². The molecule has 0 aliphatic carbocycles. The minimum absolute atomic E-state index is 0.0499. The van der Waals surface area contributed by atoms with E-state index in [1.807, 2.05) is 0 Å². The third kappa shape index (κ3) is 6.14. The fraction of sp³-hybridized carbons (Fsp3) is 0.583.